The third-order valence-electron chi connectivity index (χ3n) is 6.90. The van der Waals surface area contributed by atoms with Crippen molar-refractivity contribution in [1.82, 2.24) is 9.80 Å². The van der Waals surface area contributed by atoms with E-state index in [4.69, 9.17) is 0 Å². The van der Waals surface area contributed by atoms with Crippen molar-refractivity contribution in [1.29, 1.82) is 0 Å². The fourth-order valence-electron chi connectivity index (χ4n) is 4.88. The topological polar surface area (TPSA) is 40.6 Å². The molecule has 30 heavy (non-hydrogen) atoms. The van der Waals surface area contributed by atoms with Gasteiger partial charge in [-0.15, -0.1) is 0 Å². The van der Waals surface area contributed by atoms with E-state index in [0.717, 1.165) is 19.3 Å². The van der Waals surface area contributed by atoms with Gasteiger partial charge in [0.25, 0.3) is 0 Å². The van der Waals surface area contributed by atoms with Crippen LogP contribution < -0.4 is 0 Å². The van der Waals surface area contributed by atoms with Crippen LogP contribution in [-0.4, -0.2) is 48.8 Å². The van der Waals surface area contributed by atoms with E-state index in [2.05, 4.69) is 43.3 Å². The van der Waals surface area contributed by atoms with Gasteiger partial charge in [-0.2, -0.15) is 0 Å². The first kappa shape index (κ1) is 20.6. The zero-order chi connectivity index (χ0) is 21.3. The largest absolute Gasteiger partial charge is 0.348 e. The molecule has 1 aliphatic heterocycles. The summed E-state index contributed by atoms with van der Waals surface area (Å²) < 4.78 is 0. The molecule has 4 nitrogen and oxygen atoms in total. The van der Waals surface area contributed by atoms with E-state index in [1.54, 1.807) is 4.90 Å². The van der Waals surface area contributed by atoms with E-state index in [1.807, 2.05) is 37.2 Å². The lowest BCUT2D eigenvalue weighted by Crippen LogP contribution is -2.51. The summed E-state index contributed by atoms with van der Waals surface area (Å²) in [5.41, 5.74) is 3.11. The lowest BCUT2D eigenvalue weighted by atomic mass is 9.72. The summed E-state index contributed by atoms with van der Waals surface area (Å²) >= 11 is 0. The quantitative estimate of drug-likeness (QED) is 0.748. The molecule has 0 spiro atoms. The molecule has 0 bridgehead atoms. The standard InChI is InChI=1S/C26H32N2O2/c1-19-16-23(19)24(29)28-14-12-26(13-15-28,25(30)27(2)3)18-20-8-7-11-22(17-20)21-9-5-4-6-10-21/h4-11,17,19,23H,12-16,18H2,1-3H3/t19-,23-/m0/s1. The van der Waals surface area contributed by atoms with Crippen LogP contribution >= 0.6 is 0 Å². The van der Waals surface area contributed by atoms with Crippen molar-refractivity contribution in [3.05, 3.63) is 60.2 Å². The summed E-state index contributed by atoms with van der Waals surface area (Å²) in [6.45, 7) is 3.51. The summed E-state index contributed by atoms with van der Waals surface area (Å²) in [6, 6.07) is 18.9. The summed E-state index contributed by atoms with van der Waals surface area (Å²) in [6.07, 6.45) is 3.19. The number of hydrogen-bond donors (Lipinski definition) is 0. The average Bonchev–Trinajstić information content (AvgIpc) is 3.50. The summed E-state index contributed by atoms with van der Waals surface area (Å²) in [7, 11) is 3.68. The van der Waals surface area contributed by atoms with Gasteiger partial charge in [-0.25, -0.2) is 0 Å². The van der Waals surface area contributed by atoms with E-state index in [1.165, 1.54) is 16.7 Å². The Balaban J connectivity index is 1.54. The molecule has 2 aromatic carbocycles. The molecule has 1 saturated carbocycles. The van der Waals surface area contributed by atoms with Crippen molar-refractivity contribution in [2.45, 2.75) is 32.6 Å². The molecule has 2 amide bonds. The van der Waals surface area contributed by atoms with E-state index in [9.17, 15) is 9.59 Å². The van der Waals surface area contributed by atoms with Crippen molar-refractivity contribution in [3.63, 3.8) is 0 Å². The minimum Gasteiger partial charge on any atom is -0.348 e. The van der Waals surface area contributed by atoms with Crippen LogP contribution in [0.15, 0.2) is 54.6 Å². The molecular formula is C26H32N2O2. The monoisotopic (exact) mass is 404 g/mol. The number of benzene rings is 2. The Morgan fingerprint density at radius 1 is 1.00 bits per heavy atom. The summed E-state index contributed by atoms with van der Waals surface area (Å²) in [5.74, 6) is 1.21. The maximum Gasteiger partial charge on any atom is 0.228 e. The zero-order valence-electron chi connectivity index (χ0n) is 18.3. The summed E-state index contributed by atoms with van der Waals surface area (Å²) in [5, 5.41) is 0. The minimum atomic E-state index is -0.440. The summed E-state index contributed by atoms with van der Waals surface area (Å²) in [4.78, 5) is 29.7. The highest BCUT2D eigenvalue weighted by Gasteiger charge is 2.46. The molecule has 1 heterocycles. The van der Waals surface area contributed by atoms with Crippen LogP contribution in [0.1, 0.15) is 31.7 Å². The highest BCUT2D eigenvalue weighted by molar-refractivity contribution is 5.85. The molecule has 2 atom stereocenters. The number of rotatable bonds is 5. The van der Waals surface area contributed by atoms with Crippen molar-refractivity contribution < 1.29 is 9.59 Å². The van der Waals surface area contributed by atoms with Gasteiger partial charge in [0, 0.05) is 33.1 Å². The van der Waals surface area contributed by atoms with Crippen LogP contribution in [0.5, 0.6) is 0 Å². The Kier molecular flexibility index (Phi) is 5.68. The van der Waals surface area contributed by atoms with Gasteiger partial charge < -0.3 is 9.80 Å². The fourth-order valence-corrected chi connectivity index (χ4v) is 4.88. The van der Waals surface area contributed by atoms with Crippen molar-refractivity contribution in [2.75, 3.05) is 27.2 Å². The molecule has 2 aliphatic rings. The molecule has 0 radical (unpaired) electrons. The Morgan fingerprint density at radius 3 is 2.23 bits per heavy atom. The molecular weight excluding hydrogens is 372 g/mol. The minimum absolute atomic E-state index is 0.180. The van der Waals surface area contributed by atoms with Gasteiger partial charge in [-0.1, -0.05) is 61.5 Å². The average molecular weight is 405 g/mol. The Hall–Kier alpha value is -2.62. The SMILES string of the molecule is C[C@H]1C[C@@H]1C(=O)N1CCC(Cc2cccc(-c3ccccc3)c2)(C(=O)N(C)C)CC1. The third kappa shape index (κ3) is 4.14. The second-order valence-corrected chi connectivity index (χ2v) is 9.37. The van der Waals surface area contributed by atoms with Gasteiger partial charge >= 0.3 is 0 Å². The van der Waals surface area contributed by atoms with Crippen molar-refractivity contribution >= 4 is 11.8 Å². The molecule has 0 unspecified atom stereocenters. The number of amides is 2. The maximum absolute atomic E-state index is 13.3. The Labute approximate surface area is 179 Å². The van der Waals surface area contributed by atoms with Gasteiger partial charge in [0.2, 0.25) is 11.8 Å². The molecule has 158 valence electrons. The normalized spacial score (nSPS) is 22.4. The number of piperidine rings is 1. The first-order chi connectivity index (χ1) is 14.4. The van der Waals surface area contributed by atoms with E-state index < -0.39 is 5.41 Å². The van der Waals surface area contributed by atoms with Crippen LogP contribution in [-0.2, 0) is 16.0 Å². The molecule has 4 heteroatoms. The highest BCUT2D eigenvalue weighted by Crippen LogP contribution is 2.42. The highest BCUT2D eigenvalue weighted by atomic mass is 16.2. The number of carbonyl (C=O) groups is 2. The number of likely N-dealkylation sites (tertiary alicyclic amines) is 1. The Bertz CT molecular complexity index is 914. The van der Waals surface area contributed by atoms with Crippen molar-refractivity contribution in [2.24, 2.45) is 17.3 Å². The van der Waals surface area contributed by atoms with Gasteiger partial charge in [0.1, 0.15) is 0 Å². The number of carbonyl (C=O) groups excluding carboxylic acids is 2. The Morgan fingerprint density at radius 2 is 1.63 bits per heavy atom. The number of nitrogens with zero attached hydrogens (tertiary/aromatic N) is 2. The van der Waals surface area contributed by atoms with Crippen LogP contribution in [0.2, 0.25) is 0 Å². The van der Waals surface area contributed by atoms with Crippen LogP contribution in [0.25, 0.3) is 11.1 Å². The van der Waals surface area contributed by atoms with Crippen LogP contribution in [0.4, 0.5) is 0 Å². The van der Waals surface area contributed by atoms with E-state index in [-0.39, 0.29) is 11.8 Å². The molecule has 0 aromatic heterocycles. The number of hydrogen-bond acceptors (Lipinski definition) is 2. The fraction of sp³-hybridized carbons (Fsp3) is 0.462. The maximum atomic E-state index is 13.3. The van der Waals surface area contributed by atoms with Gasteiger partial charge in [0.15, 0.2) is 0 Å². The zero-order valence-corrected chi connectivity index (χ0v) is 18.3. The molecule has 1 aliphatic carbocycles. The van der Waals surface area contributed by atoms with Crippen LogP contribution in [0, 0.1) is 17.3 Å². The first-order valence-electron chi connectivity index (χ1n) is 11.0. The second-order valence-electron chi connectivity index (χ2n) is 9.37. The molecule has 4 rings (SSSR count). The van der Waals surface area contributed by atoms with E-state index in [0.29, 0.717) is 31.3 Å². The first-order valence-corrected chi connectivity index (χ1v) is 11.0. The van der Waals surface area contributed by atoms with Gasteiger partial charge in [0.05, 0.1) is 5.41 Å². The van der Waals surface area contributed by atoms with Crippen LogP contribution in [0.3, 0.4) is 0 Å². The predicted molar refractivity (Wildman–Crippen MR) is 120 cm³/mol. The smallest absolute Gasteiger partial charge is 0.228 e. The lowest BCUT2D eigenvalue weighted by Gasteiger charge is -2.42. The molecule has 0 N–H and O–H groups in total. The predicted octanol–water partition coefficient (Wildman–Crippen LogP) is 4.25. The van der Waals surface area contributed by atoms with Gasteiger partial charge in [-0.3, -0.25) is 9.59 Å². The lowest BCUT2D eigenvalue weighted by molar-refractivity contribution is -0.146. The second kappa shape index (κ2) is 8.25. The van der Waals surface area contributed by atoms with E-state index >= 15 is 0 Å². The van der Waals surface area contributed by atoms with Crippen molar-refractivity contribution in [3.8, 4) is 11.1 Å². The molecule has 2 aromatic rings. The molecule has 2 fully saturated rings. The van der Waals surface area contributed by atoms with Gasteiger partial charge in [-0.05, 0) is 48.3 Å². The third-order valence-corrected chi connectivity index (χ3v) is 6.90. The molecule has 1 saturated heterocycles.